The third-order valence-corrected chi connectivity index (χ3v) is 11.3. The van der Waals surface area contributed by atoms with Gasteiger partial charge in [0, 0.05) is 0 Å². The van der Waals surface area contributed by atoms with Crippen LogP contribution >= 0.6 is 0 Å². The molecule has 0 amide bonds. The molecule has 0 bridgehead atoms. The Balaban J connectivity index is 0.000000236. The predicted octanol–water partition coefficient (Wildman–Crippen LogP) is 11.2. The molecule has 6 aromatic rings. The van der Waals surface area contributed by atoms with Gasteiger partial charge in [-0.1, -0.05) is 197 Å². The summed E-state index contributed by atoms with van der Waals surface area (Å²) in [5.41, 5.74) is 4.20. The Hall–Kier alpha value is -3.88. The molecule has 1 nitrogen and oxygen atoms in total. The molecule has 0 aromatic heterocycles. The average molecular weight is 650 g/mol. The monoisotopic (exact) mass is 649 g/mol. The summed E-state index contributed by atoms with van der Waals surface area (Å²) in [6, 6.07) is 46.7. The lowest BCUT2D eigenvalue weighted by Crippen LogP contribution is -2.65. The van der Waals surface area contributed by atoms with Crippen LogP contribution in [0.1, 0.15) is 79.1 Å². The maximum absolute atomic E-state index is 2.46. The minimum atomic E-state index is -1.25. The highest BCUT2D eigenvalue weighted by Gasteiger charge is 2.29. The molecule has 0 radical (unpaired) electrons. The topological polar surface area (TPSA) is 0 Å². The van der Waals surface area contributed by atoms with Crippen molar-refractivity contribution in [3.05, 3.63) is 127 Å². The number of fused-ring (bicyclic) bond motifs is 3. The summed E-state index contributed by atoms with van der Waals surface area (Å²) in [6.07, 6.45) is 9.81. The average Bonchev–Trinajstić information content (AvgIpc) is 3.16. The number of hydrogen-bond acceptors (Lipinski definition) is 0. The van der Waals surface area contributed by atoms with Gasteiger partial charge in [0.1, 0.15) is 0 Å². The van der Waals surface area contributed by atoms with Gasteiger partial charge in [-0.25, -0.2) is 0 Å². The first-order valence-corrected chi connectivity index (χ1v) is 19.5. The molecule has 0 aliphatic heterocycles. The number of nitrogens with zero attached hydrogens (tertiary/aromatic N) is 1. The minimum absolute atomic E-state index is 1.25. The molecule has 0 saturated carbocycles. The lowest BCUT2D eigenvalue weighted by molar-refractivity contribution is -0.929. The fourth-order valence-corrected chi connectivity index (χ4v) is 8.41. The van der Waals surface area contributed by atoms with Crippen LogP contribution in [0.2, 0.25) is 6.82 Å². The lowest BCUT2D eigenvalue weighted by atomic mass is 9.16. The highest BCUT2D eigenvalue weighted by Crippen LogP contribution is 2.23. The molecule has 2 heteroatoms. The number of hydrogen-bond donors (Lipinski definition) is 0. The maximum Gasteiger partial charge on any atom is 0.0810 e. The van der Waals surface area contributed by atoms with Gasteiger partial charge in [0.15, 0.2) is 0 Å². The fourth-order valence-electron chi connectivity index (χ4n) is 8.41. The van der Waals surface area contributed by atoms with Gasteiger partial charge >= 0.3 is 0 Å². The van der Waals surface area contributed by atoms with E-state index in [9.17, 15) is 0 Å². The number of benzene rings is 6. The van der Waals surface area contributed by atoms with Gasteiger partial charge in [-0.3, -0.25) is 0 Å². The van der Waals surface area contributed by atoms with Crippen molar-refractivity contribution in [3.8, 4) is 0 Å². The molecule has 0 aliphatic carbocycles. The molecule has 6 rings (SSSR count). The summed E-state index contributed by atoms with van der Waals surface area (Å²) >= 11 is 0. The normalized spacial score (nSPS) is 11.9. The maximum atomic E-state index is 2.46. The Morgan fingerprint density at radius 2 is 0.633 bits per heavy atom. The van der Waals surface area contributed by atoms with Crippen LogP contribution in [0.15, 0.2) is 127 Å². The first-order valence-electron chi connectivity index (χ1n) is 19.5. The zero-order chi connectivity index (χ0) is 34.5. The zero-order valence-corrected chi connectivity index (χ0v) is 31.1. The van der Waals surface area contributed by atoms with Crippen molar-refractivity contribution in [1.29, 1.82) is 0 Å². The second-order valence-corrected chi connectivity index (χ2v) is 14.7. The standard InChI is InChI=1S/C31H24B.C16H36N/c1-32(29-20-8-14-23-11-2-5-17-26(23)29,30-21-9-15-24-12-3-6-18-27(24)30)31-22-10-16-25-13-4-7-19-28(25)31;1-5-9-13-17(14-10-6-2,15-11-7-3)16-12-8-4/h2-22H,1H3;5-16H2,1-4H3/q-1;+1. The van der Waals surface area contributed by atoms with Crippen LogP contribution in [-0.4, -0.2) is 36.8 Å². The van der Waals surface area contributed by atoms with E-state index in [4.69, 9.17) is 0 Å². The molecule has 0 unspecified atom stereocenters. The van der Waals surface area contributed by atoms with Crippen LogP contribution in [0, 0.1) is 0 Å². The van der Waals surface area contributed by atoms with Crippen molar-refractivity contribution < 1.29 is 4.48 Å². The predicted molar refractivity (Wildman–Crippen MR) is 222 cm³/mol. The molecule has 49 heavy (non-hydrogen) atoms. The van der Waals surface area contributed by atoms with E-state index in [2.05, 4.69) is 162 Å². The van der Waals surface area contributed by atoms with E-state index in [-0.39, 0.29) is 0 Å². The largest absolute Gasteiger partial charge is 0.324 e. The van der Waals surface area contributed by atoms with Crippen LogP contribution in [0.4, 0.5) is 0 Å². The fraction of sp³-hybridized carbons (Fsp3) is 0.362. The van der Waals surface area contributed by atoms with Crippen molar-refractivity contribution in [2.75, 3.05) is 26.2 Å². The molecule has 0 fully saturated rings. The molecule has 256 valence electrons. The molecule has 0 atom stereocenters. The van der Waals surface area contributed by atoms with Gasteiger partial charge in [0.25, 0.3) is 0 Å². The van der Waals surface area contributed by atoms with E-state index in [0.717, 1.165) is 0 Å². The second kappa shape index (κ2) is 17.7. The lowest BCUT2D eigenvalue weighted by Gasteiger charge is -2.42. The van der Waals surface area contributed by atoms with E-state index in [1.807, 2.05) is 0 Å². The minimum Gasteiger partial charge on any atom is -0.324 e. The Morgan fingerprint density at radius 1 is 0.367 bits per heavy atom. The van der Waals surface area contributed by atoms with Crippen molar-refractivity contribution in [2.45, 2.75) is 85.9 Å². The molecule has 0 spiro atoms. The van der Waals surface area contributed by atoms with Crippen LogP contribution < -0.4 is 16.4 Å². The summed E-state index contributed by atoms with van der Waals surface area (Å²) in [5.74, 6) is 0. The molecule has 0 aliphatic rings. The smallest absolute Gasteiger partial charge is 0.0810 e. The van der Waals surface area contributed by atoms with Crippen LogP contribution in [0.3, 0.4) is 0 Å². The van der Waals surface area contributed by atoms with Gasteiger partial charge in [-0.2, -0.15) is 23.2 Å². The summed E-state index contributed by atoms with van der Waals surface area (Å²) in [6.45, 7) is 17.5. The summed E-state index contributed by atoms with van der Waals surface area (Å²) in [4.78, 5) is 0. The zero-order valence-electron chi connectivity index (χ0n) is 31.1. The van der Waals surface area contributed by atoms with Crippen molar-refractivity contribution in [3.63, 3.8) is 0 Å². The molecule has 0 N–H and O–H groups in total. The van der Waals surface area contributed by atoms with E-state index in [1.54, 1.807) is 0 Å². The van der Waals surface area contributed by atoms with E-state index in [1.165, 1.54) is 131 Å². The molecule has 6 aromatic carbocycles. The Morgan fingerprint density at radius 3 is 0.918 bits per heavy atom. The number of rotatable bonds is 15. The molecule has 0 heterocycles. The van der Waals surface area contributed by atoms with Crippen molar-refractivity contribution in [1.82, 2.24) is 0 Å². The first-order chi connectivity index (χ1) is 24.0. The van der Waals surface area contributed by atoms with Gasteiger partial charge < -0.3 is 4.48 Å². The van der Waals surface area contributed by atoms with Gasteiger partial charge in [-0.15, -0.1) is 0 Å². The SMILES string of the molecule is CCCC[N+](CCCC)(CCCC)CCCC.C[B-](c1cccc2ccccc12)(c1cccc2ccccc12)c1cccc2ccccc12. The van der Waals surface area contributed by atoms with Crippen LogP contribution in [0.5, 0.6) is 0 Å². The van der Waals surface area contributed by atoms with E-state index in [0.29, 0.717) is 0 Å². The third-order valence-electron chi connectivity index (χ3n) is 11.3. The summed E-state index contributed by atoms with van der Waals surface area (Å²) in [7, 11) is 0. The molecule has 0 saturated heterocycles. The Kier molecular flexibility index (Phi) is 13.1. The Bertz CT molecular complexity index is 1660. The second-order valence-electron chi connectivity index (χ2n) is 14.7. The van der Waals surface area contributed by atoms with Gasteiger partial charge in [0.05, 0.1) is 32.3 Å². The van der Waals surface area contributed by atoms with Crippen molar-refractivity contribution >= 4 is 54.9 Å². The molecular weight excluding hydrogens is 589 g/mol. The van der Waals surface area contributed by atoms with E-state index >= 15 is 0 Å². The van der Waals surface area contributed by atoms with Gasteiger partial charge in [0.2, 0.25) is 0 Å². The first kappa shape index (κ1) is 36.4. The summed E-state index contributed by atoms with van der Waals surface area (Å²) < 4.78 is 1.42. The Labute approximate surface area is 297 Å². The quantitative estimate of drug-likeness (QED) is 0.0767. The highest BCUT2D eigenvalue weighted by atomic mass is 15.3. The van der Waals surface area contributed by atoms with Crippen LogP contribution in [-0.2, 0) is 0 Å². The van der Waals surface area contributed by atoms with E-state index < -0.39 is 6.15 Å². The van der Waals surface area contributed by atoms with Crippen LogP contribution in [0.25, 0.3) is 32.3 Å². The summed E-state index contributed by atoms with van der Waals surface area (Å²) in [5, 5.41) is 7.87. The number of quaternary nitrogens is 1. The van der Waals surface area contributed by atoms with Crippen molar-refractivity contribution in [2.24, 2.45) is 0 Å². The van der Waals surface area contributed by atoms with Gasteiger partial charge in [-0.05, 0) is 41.8 Å². The number of unbranched alkanes of at least 4 members (excludes halogenated alkanes) is 4. The molecular formula is C47H60BN. The highest BCUT2D eigenvalue weighted by molar-refractivity contribution is 7.13. The third kappa shape index (κ3) is 8.30.